The number of nitrogens with zero attached hydrogens (tertiary/aromatic N) is 2. The Bertz CT molecular complexity index is 518. The molecule has 0 amide bonds. The summed E-state index contributed by atoms with van der Waals surface area (Å²) >= 11 is 0. The number of rotatable bonds is 6. The molecule has 0 radical (unpaired) electrons. The molecule has 0 saturated carbocycles. The minimum atomic E-state index is -2.88. The van der Waals surface area contributed by atoms with Gasteiger partial charge in [-0.2, -0.15) is 4.98 Å². The monoisotopic (exact) mass is 284 g/mol. The second-order valence-electron chi connectivity index (χ2n) is 4.79. The molecule has 1 atom stereocenters. The lowest BCUT2D eigenvalue weighted by Crippen LogP contribution is -2.22. The minimum absolute atomic E-state index is 0.0732. The van der Waals surface area contributed by atoms with Crippen LogP contribution in [0.1, 0.15) is 26.2 Å². The van der Waals surface area contributed by atoms with E-state index in [-0.39, 0.29) is 17.5 Å². The molecule has 1 aromatic rings. The number of hydrogen-bond donors (Lipinski definition) is 2. The van der Waals surface area contributed by atoms with Crippen LogP contribution in [0, 0.1) is 0 Å². The van der Waals surface area contributed by atoms with Crippen molar-refractivity contribution in [2.24, 2.45) is 0 Å². The van der Waals surface area contributed by atoms with E-state index in [9.17, 15) is 8.42 Å². The summed E-state index contributed by atoms with van der Waals surface area (Å²) in [5.74, 6) is 1.68. The smallest absolute Gasteiger partial charge is 0.224 e. The van der Waals surface area contributed by atoms with Crippen LogP contribution in [0.25, 0.3) is 0 Å². The van der Waals surface area contributed by atoms with Gasteiger partial charge in [0.15, 0.2) is 9.84 Å². The van der Waals surface area contributed by atoms with Gasteiger partial charge < -0.3 is 10.6 Å². The van der Waals surface area contributed by atoms with Gasteiger partial charge >= 0.3 is 0 Å². The van der Waals surface area contributed by atoms with Crippen molar-refractivity contribution >= 4 is 21.6 Å². The highest BCUT2D eigenvalue weighted by Gasteiger charge is 2.28. The molecule has 1 fully saturated rings. The zero-order chi connectivity index (χ0) is 13.7. The molecule has 2 heterocycles. The van der Waals surface area contributed by atoms with Gasteiger partial charge in [0.25, 0.3) is 0 Å². The molecule has 1 aliphatic heterocycles. The molecule has 106 valence electrons. The zero-order valence-corrected chi connectivity index (χ0v) is 11.9. The first-order valence-electron chi connectivity index (χ1n) is 6.63. The summed E-state index contributed by atoms with van der Waals surface area (Å²) in [6, 6.07) is 1.74. The van der Waals surface area contributed by atoms with Crippen LogP contribution in [0.5, 0.6) is 0 Å². The lowest BCUT2D eigenvalue weighted by Gasteiger charge is -2.11. The van der Waals surface area contributed by atoms with Crippen LogP contribution in [0.15, 0.2) is 12.3 Å². The van der Waals surface area contributed by atoms with E-state index < -0.39 is 9.84 Å². The number of unbranched alkanes of at least 4 members (excludes halogenated alkanes) is 1. The van der Waals surface area contributed by atoms with Gasteiger partial charge in [0.05, 0.1) is 11.5 Å². The van der Waals surface area contributed by atoms with E-state index in [0.29, 0.717) is 12.4 Å². The molecular formula is C12H20N4O2S. The van der Waals surface area contributed by atoms with Gasteiger partial charge in [0.1, 0.15) is 5.82 Å². The Morgan fingerprint density at radius 2 is 2.32 bits per heavy atom. The van der Waals surface area contributed by atoms with Gasteiger partial charge in [-0.15, -0.1) is 0 Å². The normalized spacial score (nSPS) is 21.2. The maximum absolute atomic E-state index is 11.4. The Hall–Kier alpha value is -1.37. The second-order valence-corrected chi connectivity index (χ2v) is 7.02. The summed E-state index contributed by atoms with van der Waals surface area (Å²) in [5, 5.41) is 6.30. The summed E-state index contributed by atoms with van der Waals surface area (Å²) in [6.07, 6.45) is 4.52. The van der Waals surface area contributed by atoms with Crippen molar-refractivity contribution in [2.75, 3.05) is 28.7 Å². The molecule has 2 rings (SSSR count). The lowest BCUT2D eigenvalue weighted by atomic mass is 10.3. The van der Waals surface area contributed by atoms with Crippen molar-refractivity contribution in [1.82, 2.24) is 9.97 Å². The van der Waals surface area contributed by atoms with Crippen LogP contribution in [-0.2, 0) is 9.84 Å². The predicted molar refractivity (Wildman–Crippen MR) is 76.1 cm³/mol. The fourth-order valence-electron chi connectivity index (χ4n) is 2.01. The Morgan fingerprint density at radius 3 is 3.00 bits per heavy atom. The van der Waals surface area contributed by atoms with E-state index in [1.54, 1.807) is 6.20 Å². The van der Waals surface area contributed by atoms with Crippen molar-refractivity contribution in [1.29, 1.82) is 0 Å². The van der Waals surface area contributed by atoms with Gasteiger partial charge in [-0.3, -0.25) is 0 Å². The lowest BCUT2D eigenvalue weighted by molar-refractivity contribution is 0.602. The van der Waals surface area contributed by atoms with Crippen LogP contribution in [0.4, 0.5) is 11.8 Å². The highest BCUT2D eigenvalue weighted by Crippen LogP contribution is 2.15. The van der Waals surface area contributed by atoms with E-state index in [1.807, 2.05) is 6.07 Å². The van der Waals surface area contributed by atoms with Crippen LogP contribution in [-0.4, -0.2) is 42.5 Å². The summed E-state index contributed by atoms with van der Waals surface area (Å²) < 4.78 is 22.8. The summed E-state index contributed by atoms with van der Waals surface area (Å²) in [5.41, 5.74) is 0. The molecule has 0 spiro atoms. The molecule has 1 aromatic heterocycles. The maximum atomic E-state index is 11.4. The molecule has 6 nitrogen and oxygen atoms in total. The standard InChI is InChI=1S/C12H20N4O2S/c1-2-3-6-13-11-4-7-14-12(16-11)15-10-5-8-19(17,18)9-10/h4,7,10H,2-3,5-6,8-9H2,1H3,(H2,13,14,15,16). The molecule has 0 bridgehead atoms. The van der Waals surface area contributed by atoms with Crippen molar-refractivity contribution in [3.8, 4) is 0 Å². The number of nitrogens with one attached hydrogen (secondary N) is 2. The first-order valence-corrected chi connectivity index (χ1v) is 8.45. The molecule has 0 aromatic carbocycles. The van der Waals surface area contributed by atoms with Gasteiger partial charge in [0.2, 0.25) is 5.95 Å². The molecule has 7 heteroatoms. The number of sulfone groups is 1. The van der Waals surface area contributed by atoms with E-state index in [2.05, 4.69) is 27.5 Å². The molecule has 2 N–H and O–H groups in total. The molecule has 0 aliphatic carbocycles. The van der Waals surface area contributed by atoms with E-state index in [0.717, 1.165) is 25.2 Å². The molecule has 1 unspecified atom stereocenters. The summed E-state index contributed by atoms with van der Waals surface area (Å²) in [4.78, 5) is 8.45. The average Bonchev–Trinajstić information content (AvgIpc) is 2.69. The first kappa shape index (κ1) is 14.0. The second kappa shape index (κ2) is 6.18. The SMILES string of the molecule is CCCCNc1ccnc(NC2CCS(=O)(=O)C2)n1. The number of anilines is 2. The fourth-order valence-corrected chi connectivity index (χ4v) is 3.68. The van der Waals surface area contributed by atoms with Crippen LogP contribution in [0.3, 0.4) is 0 Å². The van der Waals surface area contributed by atoms with Crippen LogP contribution < -0.4 is 10.6 Å². The van der Waals surface area contributed by atoms with Crippen LogP contribution in [0.2, 0.25) is 0 Å². The van der Waals surface area contributed by atoms with Gasteiger partial charge in [0, 0.05) is 18.8 Å². The van der Waals surface area contributed by atoms with E-state index in [4.69, 9.17) is 0 Å². The fraction of sp³-hybridized carbons (Fsp3) is 0.667. The Morgan fingerprint density at radius 1 is 1.47 bits per heavy atom. The summed E-state index contributed by atoms with van der Waals surface area (Å²) in [6.45, 7) is 3.01. The van der Waals surface area contributed by atoms with Gasteiger partial charge in [-0.1, -0.05) is 13.3 Å². The van der Waals surface area contributed by atoms with Crippen molar-refractivity contribution in [3.63, 3.8) is 0 Å². The van der Waals surface area contributed by atoms with Crippen molar-refractivity contribution < 1.29 is 8.42 Å². The van der Waals surface area contributed by atoms with Crippen molar-refractivity contribution in [3.05, 3.63) is 12.3 Å². The van der Waals surface area contributed by atoms with E-state index >= 15 is 0 Å². The largest absolute Gasteiger partial charge is 0.370 e. The quantitative estimate of drug-likeness (QED) is 0.766. The van der Waals surface area contributed by atoms with Gasteiger partial charge in [-0.25, -0.2) is 13.4 Å². The number of aromatic nitrogens is 2. The highest BCUT2D eigenvalue weighted by atomic mass is 32.2. The topological polar surface area (TPSA) is 84.0 Å². The molecule has 19 heavy (non-hydrogen) atoms. The Labute approximate surface area is 114 Å². The van der Waals surface area contributed by atoms with Crippen LogP contribution >= 0.6 is 0 Å². The van der Waals surface area contributed by atoms with Crippen molar-refractivity contribution in [2.45, 2.75) is 32.2 Å². The molecule has 1 saturated heterocycles. The van der Waals surface area contributed by atoms with E-state index in [1.165, 1.54) is 0 Å². The molecular weight excluding hydrogens is 264 g/mol. The zero-order valence-electron chi connectivity index (χ0n) is 11.1. The minimum Gasteiger partial charge on any atom is -0.370 e. The Kier molecular flexibility index (Phi) is 4.57. The third-order valence-electron chi connectivity index (χ3n) is 3.06. The summed E-state index contributed by atoms with van der Waals surface area (Å²) in [7, 11) is -2.88. The molecule has 1 aliphatic rings. The third-order valence-corrected chi connectivity index (χ3v) is 4.83. The highest BCUT2D eigenvalue weighted by molar-refractivity contribution is 7.91. The average molecular weight is 284 g/mol. The number of hydrogen-bond acceptors (Lipinski definition) is 6. The third kappa shape index (κ3) is 4.34. The van der Waals surface area contributed by atoms with Gasteiger partial charge in [-0.05, 0) is 18.9 Å². The first-order chi connectivity index (χ1) is 9.09. The predicted octanol–water partition coefficient (Wildman–Crippen LogP) is 1.29. The Balaban J connectivity index is 1.92. The maximum Gasteiger partial charge on any atom is 0.224 e.